The van der Waals surface area contributed by atoms with Gasteiger partial charge in [-0.25, -0.2) is 9.97 Å². The molecule has 3 heterocycles. The topological polar surface area (TPSA) is 126 Å². The van der Waals surface area contributed by atoms with E-state index in [1.54, 1.807) is 29.6 Å². The Balaban J connectivity index is 1.29. The molecule has 0 bridgehead atoms. The zero-order valence-electron chi connectivity index (χ0n) is 15.4. The minimum atomic E-state index is -0.529. The van der Waals surface area contributed by atoms with E-state index < -0.39 is 17.7 Å². The van der Waals surface area contributed by atoms with Crippen LogP contribution in [0.1, 0.15) is 26.7 Å². The molecule has 0 aliphatic carbocycles. The number of aromatic nitrogens is 2. The molecule has 0 radical (unpaired) electrons. The summed E-state index contributed by atoms with van der Waals surface area (Å²) >= 11 is 1.18. The highest BCUT2D eigenvalue weighted by Crippen LogP contribution is 2.17. The van der Waals surface area contributed by atoms with Crippen molar-refractivity contribution in [2.45, 2.75) is 6.42 Å². The first-order chi connectivity index (χ1) is 14.6. The third kappa shape index (κ3) is 4.50. The van der Waals surface area contributed by atoms with Crippen molar-refractivity contribution in [1.82, 2.24) is 20.8 Å². The smallest absolute Gasteiger partial charge is 0.293 e. The Morgan fingerprint density at radius 2 is 1.80 bits per heavy atom. The van der Waals surface area contributed by atoms with Crippen molar-refractivity contribution >= 4 is 45.1 Å². The molecule has 0 atom stereocenters. The molecule has 4 rings (SSSR count). The number of anilines is 1. The first kappa shape index (κ1) is 19.3. The number of nitrogens with one attached hydrogen (secondary N) is 3. The standard InChI is InChI=1S/C20H15N5O4S/c26-17(10-13-11-30-20(21-13)23-19(28)16-6-3-9-29-16)24-25-18(27)15-8-7-12-4-1-2-5-14(12)22-15/h1-9,11H,10H2,(H,24,26)(H,25,27)(H,21,23,28). The van der Waals surface area contributed by atoms with Gasteiger partial charge in [-0.2, -0.15) is 0 Å². The second-order valence-corrected chi connectivity index (χ2v) is 7.00. The van der Waals surface area contributed by atoms with Crippen LogP contribution in [0.5, 0.6) is 0 Å². The number of thiazole rings is 1. The molecule has 0 fully saturated rings. The summed E-state index contributed by atoms with van der Waals surface area (Å²) in [5, 5.41) is 5.48. The number of furan rings is 1. The van der Waals surface area contributed by atoms with Gasteiger partial charge in [-0.15, -0.1) is 11.3 Å². The van der Waals surface area contributed by atoms with Crippen LogP contribution in [-0.4, -0.2) is 27.7 Å². The fraction of sp³-hybridized carbons (Fsp3) is 0.0500. The number of rotatable bonds is 5. The molecule has 3 aromatic heterocycles. The normalized spacial score (nSPS) is 10.5. The highest BCUT2D eigenvalue weighted by Gasteiger charge is 2.14. The monoisotopic (exact) mass is 421 g/mol. The molecule has 0 unspecified atom stereocenters. The van der Waals surface area contributed by atoms with Crippen LogP contribution in [-0.2, 0) is 11.2 Å². The van der Waals surface area contributed by atoms with Gasteiger partial charge in [0.25, 0.3) is 11.8 Å². The maximum absolute atomic E-state index is 12.2. The summed E-state index contributed by atoms with van der Waals surface area (Å²) in [4.78, 5) is 44.7. The maximum Gasteiger partial charge on any atom is 0.293 e. The number of hydrogen-bond donors (Lipinski definition) is 3. The minimum absolute atomic E-state index is 0.0709. The third-order valence-corrected chi connectivity index (χ3v) is 4.81. The van der Waals surface area contributed by atoms with Crippen LogP contribution in [0.3, 0.4) is 0 Å². The summed E-state index contributed by atoms with van der Waals surface area (Å²) in [6, 6.07) is 13.9. The Bertz CT molecular complexity index is 1220. The van der Waals surface area contributed by atoms with Crippen LogP contribution in [0, 0.1) is 0 Å². The maximum atomic E-state index is 12.2. The molecule has 1 aromatic carbocycles. The van der Waals surface area contributed by atoms with Crippen LogP contribution in [0.2, 0.25) is 0 Å². The molecule has 0 saturated carbocycles. The Labute approximate surface area is 174 Å². The number of hydrogen-bond acceptors (Lipinski definition) is 7. The highest BCUT2D eigenvalue weighted by atomic mass is 32.1. The summed E-state index contributed by atoms with van der Waals surface area (Å²) in [7, 11) is 0. The van der Waals surface area contributed by atoms with Crippen molar-refractivity contribution in [3.05, 3.63) is 77.3 Å². The molecule has 0 aliphatic heterocycles. The average Bonchev–Trinajstić information content (AvgIpc) is 3.44. The van der Waals surface area contributed by atoms with E-state index in [1.807, 2.05) is 18.2 Å². The van der Waals surface area contributed by atoms with Crippen LogP contribution in [0.15, 0.2) is 64.6 Å². The van der Waals surface area contributed by atoms with Crippen molar-refractivity contribution in [3.8, 4) is 0 Å². The Kier molecular flexibility index (Phi) is 5.48. The quantitative estimate of drug-likeness (QED) is 0.425. The number of benzene rings is 1. The van der Waals surface area contributed by atoms with Gasteiger partial charge in [-0.1, -0.05) is 24.3 Å². The molecule has 9 nitrogen and oxygen atoms in total. The molecule has 0 spiro atoms. The number of carbonyl (C=O) groups excluding carboxylic acids is 3. The summed E-state index contributed by atoms with van der Waals surface area (Å²) in [5.74, 6) is -1.26. The molecular formula is C20H15N5O4S. The van der Waals surface area contributed by atoms with Crippen LogP contribution < -0.4 is 16.2 Å². The lowest BCUT2D eigenvalue weighted by Gasteiger charge is -2.07. The number of para-hydroxylation sites is 1. The molecule has 30 heavy (non-hydrogen) atoms. The van der Waals surface area contributed by atoms with Crippen LogP contribution >= 0.6 is 11.3 Å². The fourth-order valence-electron chi connectivity index (χ4n) is 2.60. The van der Waals surface area contributed by atoms with Crippen molar-refractivity contribution in [3.63, 3.8) is 0 Å². The zero-order chi connectivity index (χ0) is 20.9. The predicted molar refractivity (Wildman–Crippen MR) is 110 cm³/mol. The molecule has 3 amide bonds. The first-order valence-electron chi connectivity index (χ1n) is 8.83. The van der Waals surface area contributed by atoms with Crippen molar-refractivity contribution < 1.29 is 18.8 Å². The molecule has 0 saturated heterocycles. The van der Waals surface area contributed by atoms with E-state index in [2.05, 4.69) is 26.1 Å². The van der Waals surface area contributed by atoms with Gasteiger partial charge in [-0.3, -0.25) is 30.6 Å². The Hall–Kier alpha value is -4.05. The van der Waals surface area contributed by atoms with Gasteiger partial charge in [-0.05, 0) is 24.3 Å². The second-order valence-electron chi connectivity index (χ2n) is 6.14. The second kappa shape index (κ2) is 8.53. The number of fused-ring (bicyclic) bond motifs is 1. The first-order valence-corrected chi connectivity index (χ1v) is 9.71. The number of pyridine rings is 1. The molecule has 150 valence electrons. The molecule has 10 heteroatoms. The number of hydrazine groups is 1. The summed E-state index contributed by atoms with van der Waals surface area (Å²) in [6.07, 6.45) is 1.33. The van der Waals surface area contributed by atoms with Crippen LogP contribution in [0.4, 0.5) is 5.13 Å². The Morgan fingerprint density at radius 1 is 0.933 bits per heavy atom. The highest BCUT2D eigenvalue weighted by molar-refractivity contribution is 7.14. The summed E-state index contributed by atoms with van der Waals surface area (Å²) < 4.78 is 5.01. The SMILES string of the molecule is O=C(Cc1csc(NC(=O)c2ccco2)n1)NNC(=O)c1ccc2ccccc2n1. The lowest BCUT2D eigenvalue weighted by molar-refractivity contribution is -0.121. The zero-order valence-corrected chi connectivity index (χ0v) is 16.2. The lowest BCUT2D eigenvalue weighted by atomic mass is 10.2. The summed E-state index contributed by atoms with van der Waals surface area (Å²) in [6.45, 7) is 0. The summed E-state index contributed by atoms with van der Waals surface area (Å²) in [5.41, 5.74) is 5.99. The number of carbonyl (C=O) groups is 3. The van der Waals surface area contributed by atoms with Gasteiger partial charge < -0.3 is 4.42 Å². The van der Waals surface area contributed by atoms with Gasteiger partial charge in [0.15, 0.2) is 10.9 Å². The van der Waals surface area contributed by atoms with Crippen LogP contribution in [0.25, 0.3) is 10.9 Å². The average molecular weight is 421 g/mol. The van der Waals surface area contributed by atoms with E-state index in [9.17, 15) is 14.4 Å². The van der Waals surface area contributed by atoms with Crippen molar-refractivity contribution in [1.29, 1.82) is 0 Å². The third-order valence-electron chi connectivity index (χ3n) is 4.01. The van der Waals surface area contributed by atoms with E-state index in [1.165, 1.54) is 23.7 Å². The molecule has 3 N–H and O–H groups in total. The van der Waals surface area contributed by atoms with Gasteiger partial charge in [0.2, 0.25) is 5.91 Å². The molecule has 0 aliphatic rings. The lowest BCUT2D eigenvalue weighted by Crippen LogP contribution is -2.42. The molecule has 4 aromatic rings. The van der Waals surface area contributed by atoms with E-state index in [0.29, 0.717) is 16.3 Å². The number of amides is 3. The van der Waals surface area contributed by atoms with E-state index in [-0.39, 0.29) is 17.9 Å². The van der Waals surface area contributed by atoms with Gasteiger partial charge >= 0.3 is 0 Å². The van der Waals surface area contributed by atoms with E-state index in [0.717, 1.165) is 5.39 Å². The van der Waals surface area contributed by atoms with E-state index in [4.69, 9.17) is 4.42 Å². The van der Waals surface area contributed by atoms with Crippen molar-refractivity contribution in [2.75, 3.05) is 5.32 Å². The van der Waals surface area contributed by atoms with Gasteiger partial charge in [0.1, 0.15) is 5.69 Å². The predicted octanol–water partition coefficient (Wildman–Crippen LogP) is 2.54. The van der Waals surface area contributed by atoms with E-state index >= 15 is 0 Å². The van der Waals surface area contributed by atoms with Gasteiger partial charge in [0, 0.05) is 10.8 Å². The number of nitrogens with zero attached hydrogens (tertiary/aromatic N) is 2. The minimum Gasteiger partial charge on any atom is -0.459 e. The Morgan fingerprint density at radius 3 is 2.63 bits per heavy atom. The fourth-order valence-corrected chi connectivity index (χ4v) is 3.31. The van der Waals surface area contributed by atoms with Gasteiger partial charge in [0.05, 0.1) is 23.9 Å². The van der Waals surface area contributed by atoms with Crippen molar-refractivity contribution in [2.24, 2.45) is 0 Å². The largest absolute Gasteiger partial charge is 0.459 e. The molecular weight excluding hydrogens is 406 g/mol.